The van der Waals surface area contributed by atoms with E-state index in [0.717, 1.165) is 58.1 Å². The third kappa shape index (κ3) is 3.95. The molecule has 2 heterocycles. The van der Waals surface area contributed by atoms with Crippen LogP contribution in [0.5, 0.6) is 0 Å². The molecule has 2 N–H and O–H groups in total. The maximum absolute atomic E-state index is 14.6. The van der Waals surface area contributed by atoms with Crippen molar-refractivity contribution >= 4 is 44.5 Å². The number of hydrogen-bond acceptors (Lipinski definition) is 6. The molecule has 2 amide bonds. The Morgan fingerprint density at radius 1 is 0.706 bits per heavy atom. The molecule has 12 heteroatoms. The van der Waals surface area contributed by atoms with Crippen LogP contribution in [0.1, 0.15) is 57.7 Å². The Kier molecular flexibility index (Phi) is 6.40. The third-order valence-electron chi connectivity index (χ3n) is 5.99. The molecule has 2 aliphatic carbocycles. The largest absolute Gasteiger partial charge is 0.396 e. The van der Waals surface area contributed by atoms with Gasteiger partial charge in [0.25, 0.3) is 0 Å². The van der Waals surface area contributed by atoms with Gasteiger partial charge >= 0.3 is 23.7 Å². The molecule has 0 bridgehead atoms. The Hall–Kier alpha value is -2.96. The number of thiophene rings is 2. The molecule has 2 aliphatic rings. The molecule has 0 fully saturated rings. The number of fused-ring (bicyclic) bond motifs is 2. The number of nitriles is 2. The normalized spacial score (nSPS) is 15.5. The van der Waals surface area contributed by atoms with Crippen molar-refractivity contribution in [3.8, 4) is 12.1 Å². The van der Waals surface area contributed by atoms with Gasteiger partial charge in [-0.25, -0.2) is 0 Å². The second kappa shape index (κ2) is 9.01. The first-order valence-electron chi connectivity index (χ1n) is 10.6. The molecule has 0 aromatic carbocycles. The first-order valence-corrected chi connectivity index (χ1v) is 12.2. The average Bonchev–Trinajstić information content (AvgIpc) is 3.35. The summed E-state index contributed by atoms with van der Waals surface area (Å²) in [4.78, 5) is 25.9. The van der Waals surface area contributed by atoms with E-state index in [1.165, 1.54) is 0 Å². The highest BCUT2D eigenvalue weighted by atomic mass is 32.1. The summed E-state index contributed by atoms with van der Waals surface area (Å²) in [6.07, 6.45) is 5.51. The van der Waals surface area contributed by atoms with E-state index in [9.17, 15) is 37.7 Å². The smallest absolute Gasteiger partial charge is 0.311 e. The number of aryl methyl sites for hydroxylation is 2. The van der Waals surface area contributed by atoms with Gasteiger partial charge in [0.2, 0.25) is 0 Å². The van der Waals surface area contributed by atoms with Crippen LogP contribution in [0.25, 0.3) is 0 Å². The van der Waals surface area contributed by atoms with Crippen LogP contribution in [0.2, 0.25) is 0 Å². The number of carbonyl (C=O) groups excluding carboxylic acids is 2. The number of anilines is 2. The lowest BCUT2D eigenvalue weighted by Crippen LogP contribution is -2.56. The van der Waals surface area contributed by atoms with Crippen LogP contribution in [0.3, 0.4) is 0 Å². The quantitative estimate of drug-likeness (QED) is 0.542. The summed E-state index contributed by atoms with van der Waals surface area (Å²) in [5, 5.41) is 21.8. The van der Waals surface area contributed by atoms with E-state index in [2.05, 4.69) is 0 Å². The van der Waals surface area contributed by atoms with Crippen molar-refractivity contribution in [2.24, 2.45) is 0 Å². The highest BCUT2D eigenvalue weighted by molar-refractivity contribution is 7.17. The van der Waals surface area contributed by atoms with Crippen LogP contribution in [0, 0.1) is 22.7 Å². The molecule has 178 valence electrons. The zero-order chi connectivity index (χ0) is 24.7. The summed E-state index contributed by atoms with van der Waals surface area (Å²) in [5.74, 6) is -15.6. The van der Waals surface area contributed by atoms with Crippen molar-refractivity contribution in [2.45, 2.75) is 63.2 Å². The molecule has 0 atom stereocenters. The van der Waals surface area contributed by atoms with Crippen molar-refractivity contribution < 1.29 is 27.2 Å². The van der Waals surface area contributed by atoms with E-state index < -0.39 is 23.7 Å². The van der Waals surface area contributed by atoms with Crippen molar-refractivity contribution in [3.63, 3.8) is 0 Å². The molecule has 6 nitrogen and oxygen atoms in total. The van der Waals surface area contributed by atoms with Crippen LogP contribution >= 0.6 is 22.7 Å². The van der Waals surface area contributed by atoms with Crippen molar-refractivity contribution in [3.05, 3.63) is 32.0 Å². The van der Waals surface area contributed by atoms with E-state index in [-0.39, 0.29) is 21.1 Å². The summed E-state index contributed by atoms with van der Waals surface area (Å²) in [6, 6.07) is 3.69. The first kappa shape index (κ1) is 24.2. The molecule has 0 radical (unpaired) electrons. The van der Waals surface area contributed by atoms with Gasteiger partial charge in [-0.05, 0) is 62.5 Å². The number of rotatable bonds is 5. The summed E-state index contributed by atoms with van der Waals surface area (Å²) in [7, 11) is 0. The van der Waals surface area contributed by atoms with Gasteiger partial charge in [0.05, 0.1) is 11.1 Å². The summed E-state index contributed by atoms with van der Waals surface area (Å²) in [5.41, 5.74) is 1.24. The number of carbonyl (C=O) groups is 2. The minimum absolute atomic E-state index is 0.0144. The Balaban J connectivity index is 1.56. The zero-order valence-electron chi connectivity index (χ0n) is 17.7. The van der Waals surface area contributed by atoms with Gasteiger partial charge < -0.3 is 10.6 Å². The van der Waals surface area contributed by atoms with Crippen LogP contribution < -0.4 is 10.6 Å². The van der Waals surface area contributed by atoms with Crippen molar-refractivity contribution in [1.82, 2.24) is 0 Å². The van der Waals surface area contributed by atoms with Crippen molar-refractivity contribution in [1.29, 1.82) is 10.5 Å². The van der Waals surface area contributed by atoms with E-state index in [0.29, 0.717) is 36.8 Å². The molecule has 2 aromatic rings. The van der Waals surface area contributed by atoms with Gasteiger partial charge in [0.1, 0.15) is 22.1 Å². The van der Waals surface area contributed by atoms with Crippen LogP contribution in [-0.2, 0) is 35.3 Å². The average molecular weight is 511 g/mol. The van der Waals surface area contributed by atoms with Gasteiger partial charge in [0.15, 0.2) is 0 Å². The zero-order valence-corrected chi connectivity index (χ0v) is 19.3. The fourth-order valence-electron chi connectivity index (χ4n) is 4.19. The molecule has 0 unspecified atom stereocenters. The molecule has 0 saturated heterocycles. The number of hydrogen-bond donors (Lipinski definition) is 2. The Labute approximate surface area is 200 Å². The maximum atomic E-state index is 14.6. The number of amides is 2. The molecule has 0 spiro atoms. The topological polar surface area (TPSA) is 106 Å². The Morgan fingerprint density at radius 2 is 1.06 bits per heavy atom. The van der Waals surface area contributed by atoms with E-state index in [1.807, 2.05) is 12.1 Å². The maximum Gasteiger partial charge on any atom is 0.396 e. The van der Waals surface area contributed by atoms with Gasteiger partial charge in [-0.3, -0.25) is 9.59 Å². The molecular formula is C22H18F4N4O2S2. The minimum Gasteiger partial charge on any atom is -0.311 e. The third-order valence-corrected chi connectivity index (χ3v) is 8.40. The van der Waals surface area contributed by atoms with E-state index >= 15 is 0 Å². The highest BCUT2D eigenvalue weighted by Crippen LogP contribution is 2.42. The van der Waals surface area contributed by atoms with Crippen LogP contribution in [0.4, 0.5) is 27.6 Å². The number of nitrogens with zero attached hydrogens (tertiary/aromatic N) is 2. The predicted molar refractivity (Wildman–Crippen MR) is 119 cm³/mol. The fourth-order valence-corrected chi connectivity index (χ4v) is 6.66. The molecule has 0 aliphatic heterocycles. The van der Waals surface area contributed by atoms with E-state index in [4.69, 9.17) is 0 Å². The minimum atomic E-state index is -5.40. The predicted octanol–water partition coefficient (Wildman–Crippen LogP) is 5.16. The lowest BCUT2D eigenvalue weighted by Gasteiger charge is -2.24. The number of alkyl halides is 4. The Bertz CT molecular complexity index is 1160. The van der Waals surface area contributed by atoms with E-state index in [1.54, 1.807) is 10.6 Å². The SMILES string of the molecule is N#Cc1c(NC(=O)C(F)(F)C(F)(F)C(=O)Nc2sc3c(c2C#N)CCCC3)sc2c1CCCC2. The van der Waals surface area contributed by atoms with Crippen LogP contribution in [-0.4, -0.2) is 23.7 Å². The second-order valence-electron chi connectivity index (χ2n) is 8.11. The number of nitrogens with one attached hydrogen (secondary N) is 2. The molecule has 0 saturated carbocycles. The van der Waals surface area contributed by atoms with Gasteiger partial charge in [-0.15, -0.1) is 22.7 Å². The molecule has 2 aromatic heterocycles. The van der Waals surface area contributed by atoms with Gasteiger partial charge in [-0.1, -0.05) is 0 Å². The second-order valence-corrected chi connectivity index (χ2v) is 10.3. The molecule has 34 heavy (non-hydrogen) atoms. The fraction of sp³-hybridized carbons (Fsp3) is 0.455. The Morgan fingerprint density at radius 3 is 1.41 bits per heavy atom. The van der Waals surface area contributed by atoms with Gasteiger partial charge in [-0.2, -0.15) is 28.1 Å². The van der Waals surface area contributed by atoms with Gasteiger partial charge in [0, 0.05) is 9.75 Å². The summed E-state index contributed by atoms with van der Waals surface area (Å²) < 4.78 is 58.4. The van der Waals surface area contributed by atoms with Crippen LogP contribution in [0.15, 0.2) is 0 Å². The van der Waals surface area contributed by atoms with Crippen molar-refractivity contribution in [2.75, 3.05) is 10.6 Å². The summed E-state index contributed by atoms with van der Waals surface area (Å²) in [6.45, 7) is 0. The lowest BCUT2D eigenvalue weighted by atomic mass is 9.96. The monoisotopic (exact) mass is 510 g/mol. The first-order chi connectivity index (χ1) is 16.1. The lowest BCUT2D eigenvalue weighted by molar-refractivity contribution is -0.204. The summed E-state index contributed by atoms with van der Waals surface area (Å²) >= 11 is 1.81. The number of halogens is 4. The highest BCUT2D eigenvalue weighted by Gasteiger charge is 2.67. The standard InChI is InChI=1S/C22H18F4N4O2S2/c23-21(24,19(31)29-17-13(9-27)11-5-1-3-7-15(11)33-17)22(25,26)20(32)30-18-14(10-28)12-6-2-4-8-16(12)34-18/h1-8H2,(H,29,31)(H,30,32). The molecule has 4 rings (SSSR count). The molecular weight excluding hydrogens is 492 g/mol.